The summed E-state index contributed by atoms with van der Waals surface area (Å²) >= 11 is 1.43. The molecule has 1 aromatic heterocycles. The molecule has 12 N–H and O–H groups in total. The molecule has 5 atom stereocenters. The lowest BCUT2D eigenvalue weighted by molar-refractivity contribution is -0.145. The minimum atomic E-state index is -1.56. The zero-order valence-electron chi connectivity index (χ0n) is 23.1. The van der Waals surface area contributed by atoms with Crippen molar-refractivity contribution < 1.29 is 29.4 Å². The monoisotopic (exact) mass is 592 g/mol. The van der Waals surface area contributed by atoms with E-state index in [1.54, 1.807) is 6.20 Å². The SMILES string of the molecule is CSCCC(NC(=O)C(CCCN=C(N)N)NC(=O)C(N)Cc1c[nH]c2ccccc12)C(=O)NC(C(=O)O)C(C)O. The summed E-state index contributed by atoms with van der Waals surface area (Å²) in [6, 6.07) is 2.86. The Kier molecular flexibility index (Phi) is 13.4. The first-order valence-electron chi connectivity index (χ1n) is 13.1. The number of aliphatic imine (C=N–C) groups is 1. The van der Waals surface area contributed by atoms with E-state index in [1.807, 2.05) is 30.5 Å². The van der Waals surface area contributed by atoms with Crippen molar-refractivity contribution in [2.75, 3.05) is 18.6 Å². The third-order valence-electron chi connectivity index (χ3n) is 6.32. The Morgan fingerprint density at radius 2 is 1.66 bits per heavy atom. The molecule has 0 fully saturated rings. The van der Waals surface area contributed by atoms with E-state index in [0.29, 0.717) is 12.2 Å². The molecule has 0 bridgehead atoms. The van der Waals surface area contributed by atoms with Gasteiger partial charge in [0.05, 0.1) is 12.1 Å². The molecule has 14 nitrogen and oxygen atoms in total. The Bertz CT molecular complexity index is 1220. The highest BCUT2D eigenvalue weighted by molar-refractivity contribution is 7.98. The van der Waals surface area contributed by atoms with E-state index in [2.05, 4.69) is 25.9 Å². The third-order valence-corrected chi connectivity index (χ3v) is 6.96. The Morgan fingerprint density at radius 3 is 2.29 bits per heavy atom. The predicted molar refractivity (Wildman–Crippen MR) is 158 cm³/mol. The average molecular weight is 593 g/mol. The van der Waals surface area contributed by atoms with Gasteiger partial charge in [-0.2, -0.15) is 11.8 Å². The lowest BCUT2D eigenvalue weighted by Gasteiger charge is -2.25. The second-order valence-corrected chi connectivity index (χ2v) is 10.6. The van der Waals surface area contributed by atoms with Crippen LogP contribution in [0.2, 0.25) is 0 Å². The molecule has 41 heavy (non-hydrogen) atoms. The van der Waals surface area contributed by atoms with E-state index in [-0.39, 0.29) is 31.8 Å². The smallest absolute Gasteiger partial charge is 0.328 e. The predicted octanol–water partition coefficient (Wildman–Crippen LogP) is -1.24. The number of para-hydroxylation sites is 1. The summed E-state index contributed by atoms with van der Waals surface area (Å²) in [6.07, 6.45) is 3.09. The number of nitrogens with two attached hydrogens (primary N) is 3. The van der Waals surface area contributed by atoms with E-state index in [9.17, 15) is 29.4 Å². The van der Waals surface area contributed by atoms with Crippen molar-refractivity contribution in [3.63, 3.8) is 0 Å². The van der Waals surface area contributed by atoms with Crippen LogP contribution in [0.25, 0.3) is 10.9 Å². The largest absolute Gasteiger partial charge is 0.480 e. The molecule has 226 valence electrons. The van der Waals surface area contributed by atoms with Gasteiger partial charge in [0, 0.05) is 23.6 Å². The first-order valence-corrected chi connectivity index (χ1v) is 14.5. The number of rotatable bonds is 17. The molecule has 0 aliphatic rings. The zero-order chi connectivity index (χ0) is 30.5. The third kappa shape index (κ3) is 10.6. The van der Waals surface area contributed by atoms with Crippen molar-refractivity contribution in [2.24, 2.45) is 22.2 Å². The topological polar surface area (TPSA) is 251 Å². The fraction of sp³-hybridized carbons (Fsp3) is 0.500. The van der Waals surface area contributed by atoms with Gasteiger partial charge in [0.2, 0.25) is 17.7 Å². The number of aromatic nitrogens is 1. The Labute approximate surface area is 242 Å². The molecule has 0 radical (unpaired) electrons. The number of carboxylic acids is 1. The molecule has 2 aromatic rings. The summed E-state index contributed by atoms with van der Waals surface area (Å²) in [5.41, 5.74) is 18.7. The van der Waals surface area contributed by atoms with Crippen LogP contribution < -0.4 is 33.2 Å². The van der Waals surface area contributed by atoms with Crippen LogP contribution in [0.5, 0.6) is 0 Å². The van der Waals surface area contributed by atoms with Gasteiger partial charge in [-0.15, -0.1) is 0 Å². The standard InChI is InChI=1S/C26H40N8O6S/c1-14(35)21(25(39)40)34-24(38)20(9-11-41-2)33-23(37)19(8-5-10-30-26(28)29)32-22(36)17(27)12-15-13-31-18-7-4-3-6-16(15)18/h3-4,6-7,13-14,17,19-21,31,35H,5,8-12,27H2,1-2H3,(H,32,36)(H,33,37)(H,34,38)(H,39,40)(H4,28,29,30). The minimum absolute atomic E-state index is 0.115. The summed E-state index contributed by atoms with van der Waals surface area (Å²) in [7, 11) is 0. The van der Waals surface area contributed by atoms with Crippen LogP contribution in [0.3, 0.4) is 0 Å². The Hall–Kier alpha value is -3.82. The number of nitrogens with zero attached hydrogens (tertiary/aromatic N) is 1. The lowest BCUT2D eigenvalue weighted by Crippen LogP contribution is -2.58. The first-order chi connectivity index (χ1) is 19.4. The number of carbonyl (C=O) groups is 4. The first kappa shape index (κ1) is 33.4. The molecule has 0 aliphatic carbocycles. The van der Waals surface area contributed by atoms with E-state index in [4.69, 9.17) is 17.2 Å². The van der Waals surface area contributed by atoms with Gasteiger partial charge < -0.3 is 48.3 Å². The Morgan fingerprint density at radius 1 is 1.02 bits per heavy atom. The quantitative estimate of drug-likeness (QED) is 0.0600. The van der Waals surface area contributed by atoms with Crippen molar-refractivity contribution >= 4 is 52.3 Å². The van der Waals surface area contributed by atoms with Crippen molar-refractivity contribution in [3.8, 4) is 0 Å². The van der Waals surface area contributed by atoms with E-state index >= 15 is 0 Å². The van der Waals surface area contributed by atoms with Gasteiger partial charge in [-0.25, -0.2) is 4.79 Å². The number of aliphatic carboxylic acids is 1. The summed E-state index contributed by atoms with van der Waals surface area (Å²) in [6.45, 7) is 1.44. The number of aromatic amines is 1. The highest BCUT2D eigenvalue weighted by Crippen LogP contribution is 2.19. The molecule has 0 spiro atoms. The average Bonchev–Trinajstić information content (AvgIpc) is 3.32. The van der Waals surface area contributed by atoms with Crippen molar-refractivity contribution in [2.45, 2.75) is 62.9 Å². The van der Waals surface area contributed by atoms with Crippen LogP contribution in [-0.2, 0) is 25.6 Å². The fourth-order valence-electron chi connectivity index (χ4n) is 4.10. The molecular weight excluding hydrogens is 552 g/mol. The van der Waals surface area contributed by atoms with Gasteiger partial charge in [0.25, 0.3) is 0 Å². The van der Waals surface area contributed by atoms with Crippen LogP contribution in [0.4, 0.5) is 0 Å². The van der Waals surface area contributed by atoms with Gasteiger partial charge in [-0.3, -0.25) is 19.4 Å². The fourth-order valence-corrected chi connectivity index (χ4v) is 4.57. The number of aliphatic hydroxyl groups is 1. The number of aliphatic hydroxyl groups excluding tert-OH is 1. The molecule has 2 rings (SSSR count). The molecule has 1 heterocycles. The van der Waals surface area contributed by atoms with E-state index in [0.717, 1.165) is 16.5 Å². The molecule has 0 saturated carbocycles. The highest BCUT2D eigenvalue weighted by atomic mass is 32.2. The van der Waals surface area contributed by atoms with Crippen LogP contribution in [0, 0.1) is 0 Å². The van der Waals surface area contributed by atoms with Gasteiger partial charge in [-0.05, 0) is 56.2 Å². The normalized spacial score (nSPS) is 14.7. The van der Waals surface area contributed by atoms with Gasteiger partial charge >= 0.3 is 5.97 Å². The number of carbonyl (C=O) groups excluding carboxylic acids is 3. The molecule has 15 heteroatoms. The molecule has 5 unspecified atom stereocenters. The van der Waals surface area contributed by atoms with E-state index in [1.165, 1.54) is 18.7 Å². The number of H-pyrrole nitrogens is 1. The van der Waals surface area contributed by atoms with Crippen LogP contribution >= 0.6 is 11.8 Å². The van der Waals surface area contributed by atoms with Crippen LogP contribution in [0.15, 0.2) is 35.5 Å². The maximum atomic E-state index is 13.3. The van der Waals surface area contributed by atoms with Crippen molar-refractivity contribution in [1.82, 2.24) is 20.9 Å². The number of thioether (sulfide) groups is 1. The van der Waals surface area contributed by atoms with E-state index < -0.39 is 54.0 Å². The molecule has 1 aromatic carbocycles. The van der Waals surface area contributed by atoms with Gasteiger partial charge in [-0.1, -0.05) is 18.2 Å². The summed E-state index contributed by atoms with van der Waals surface area (Å²) < 4.78 is 0. The lowest BCUT2D eigenvalue weighted by atomic mass is 10.0. The Balaban J connectivity index is 2.17. The zero-order valence-corrected chi connectivity index (χ0v) is 23.9. The van der Waals surface area contributed by atoms with Gasteiger partial charge in [0.1, 0.15) is 12.1 Å². The summed E-state index contributed by atoms with van der Waals surface area (Å²) in [5, 5.41) is 27.6. The maximum Gasteiger partial charge on any atom is 0.328 e. The molecule has 0 aliphatic heterocycles. The maximum absolute atomic E-state index is 13.3. The molecule has 3 amide bonds. The number of nitrogens with one attached hydrogen (secondary N) is 4. The second kappa shape index (κ2) is 16.4. The number of hydrogen-bond donors (Lipinski definition) is 9. The second-order valence-electron chi connectivity index (χ2n) is 9.59. The van der Waals surface area contributed by atoms with Crippen molar-refractivity contribution in [3.05, 3.63) is 36.0 Å². The molecule has 0 saturated heterocycles. The number of carboxylic acid groups (broad SMARTS) is 1. The van der Waals surface area contributed by atoms with Crippen LogP contribution in [-0.4, -0.2) is 93.7 Å². The van der Waals surface area contributed by atoms with Gasteiger partial charge in [0.15, 0.2) is 12.0 Å². The minimum Gasteiger partial charge on any atom is -0.480 e. The number of guanidine groups is 1. The molecular formula is C26H40N8O6S. The number of fused-ring (bicyclic) bond motifs is 1. The highest BCUT2D eigenvalue weighted by Gasteiger charge is 2.31. The van der Waals surface area contributed by atoms with Crippen LogP contribution in [0.1, 0.15) is 31.7 Å². The number of benzene rings is 1. The summed E-state index contributed by atoms with van der Waals surface area (Å²) in [4.78, 5) is 57.8. The number of hydrogen-bond acceptors (Lipinski definition) is 8. The number of amides is 3. The summed E-state index contributed by atoms with van der Waals surface area (Å²) in [5.74, 6) is -3.06. The van der Waals surface area contributed by atoms with Crippen molar-refractivity contribution in [1.29, 1.82) is 0 Å².